The second kappa shape index (κ2) is 6.56. The van der Waals surface area contributed by atoms with Crippen LogP contribution in [0.15, 0.2) is 18.2 Å². The maximum Gasteiger partial charge on any atom is 1.00 e. The maximum atomic E-state index is 8.63. The molecule has 0 unspecified atom stereocenters. The summed E-state index contributed by atoms with van der Waals surface area (Å²) in [6.45, 7) is 6.87. The van der Waals surface area contributed by atoms with E-state index in [1.54, 1.807) is 0 Å². The normalized spacial score (nSPS) is 19.7. The van der Waals surface area contributed by atoms with Crippen molar-refractivity contribution in [1.29, 1.82) is 0 Å². The van der Waals surface area contributed by atoms with E-state index in [4.69, 9.17) is 23.3 Å². The fraction of sp³-hybridized carbons (Fsp3) is 0.500. The zero-order valence-electron chi connectivity index (χ0n) is 11.7. The van der Waals surface area contributed by atoms with Gasteiger partial charge >= 0.3 is 29.6 Å². The fourth-order valence-corrected chi connectivity index (χ4v) is 2.70. The second-order valence-corrected chi connectivity index (χ2v) is 6.08. The Morgan fingerprint density at radius 3 is 2.32 bits per heavy atom. The Morgan fingerprint density at radius 2 is 1.89 bits per heavy atom. The zero-order valence-corrected chi connectivity index (χ0v) is 14.5. The van der Waals surface area contributed by atoms with Gasteiger partial charge in [0.25, 0.3) is 0 Å². The minimum Gasteiger partial charge on any atom is -0.726 e. The van der Waals surface area contributed by atoms with E-state index >= 15 is 0 Å². The Kier molecular flexibility index (Phi) is 6.52. The second-order valence-electron chi connectivity index (χ2n) is 5.23. The van der Waals surface area contributed by atoms with Gasteiger partial charge in [0.05, 0.1) is 0 Å². The molecule has 0 heterocycles. The smallest absolute Gasteiger partial charge is 0.726 e. The third-order valence-electron chi connectivity index (χ3n) is 3.18. The van der Waals surface area contributed by atoms with Gasteiger partial charge < -0.3 is 10.3 Å². The van der Waals surface area contributed by atoms with Crippen LogP contribution in [0, 0.1) is 0 Å². The van der Waals surface area contributed by atoms with Crippen LogP contribution in [-0.4, -0.2) is 17.5 Å². The first kappa shape index (κ1) is 18.9. The summed E-state index contributed by atoms with van der Waals surface area (Å²) in [5, 5.41) is 0. The molecule has 102 valence electrons. The molecule has 0 radical (unpaired) electrons. The van der Waals surface area contributed by atoms with E-state index in [1.165, 1.54) is 17.5 Å². The molecule has 1 aromatic carbocycles. The fourth-order valence-electron chi connectivity index (χ4n) is 2.70. The van der Waals surface area contributed by atoms with Crippen LogP contribution in [0.2, 0.25) is 0 Å². The van der Waals surface area contributed by atoms with Crippen molar-refractivity contribution in [2.45, 2.75) is 38.5 Å². The number of fused-ring (bicyclic) bond motifs is 1. The van der Waals surface area contributed by atoms with Crippen LogP contribution in [0.4, 0.5) is 5.69 Å². The van der Waals surface area contributed by atoms with Gasteiger partial charge in [0.2, 0.25) is 10.4 Å². The van der Waals surface area contributed by atoms with Crippen LogP contribution in [0.3, 0.4) is 0 Å². The first-order chi connectivity index (χ1) is 8.02. The molecule has 1 aromatic rings. The summed E-state index contributed by atoms with van der Waals surface area (Å²) in [6, 6.07) is 6.29. The maximum absolute atomic E-state index is 8.63. The van der Waals surface area contributed by atoms with Crippen molar-refractivity contribution in [2.24, 2.45) is 0 Å². The molecule has 0 bridgehead atoms. The van der Waals surface area contributed by atoms with Gasteiger partial charge in [0, 0.05) is 5.69 Å². The van der Waals surface area contributed by atoms with E-state index in [9.17, 15) is 0 Å². The quantitative estimate of drug-likeness (QED) is 0.278. The molecule has 0 aromatic heterocycles. The van der Waals surface area contributed by atoms with Crippen LogP contribution < -0.4 is 35.3 Å². The van der Waals surface area contributed by atoms with Gasteiger partial charge in [-0.05, 0) is 34.9 Å². The molecule has 1 atom stereocenters. The topological polar surface area (TPSA) is 103 Å². The molecule has 0 saturated heterocycles. The van der Waals surface area contributed by atoms with Gasteiger partial charge in [-0.1, -0.05) is 32.9 Å². The van der Waals surface area contributed by atoms with Crippen molar-refractivity contribution in [2.75, 3.05) is 5.73 Å². The molecule has 3 N–H and O–H groups in total. The first-order valence-corrected chi connectivity index (χ1v) is 6.96. The third kappa shape index (κ3) is 5.41. The van der Waals surface area contributed by atoms with Crippen LogP contribution in [0.25, 0.3) is 0 Å². The minimum absolute atomic E-state index is 0. The van der Waals surface area contributed by atoms with Crippen LogP contribution in [0.1, 0.15) is 44.2 Å². The predicted molar refractivity (Wildman–Crippen MR) is 69.2 cm³/mol. The number of rotatable bonds is 0. The largest absolute Gasteiger partial charge is 1.00 e. The van der Waals surface area contributed by atoms with Crippen molar-refractivity contribution in [3.8, 4) is 0 Å². The third-order valence-corrected chi connectivity index (χ3v) is 3.18. The Balaban J connectivity index is 0.000000471. The van der Waals surface area contributed by atoms with Crippen molar-refractivity contribution < 1.29 is 47.1 Å². The summed E-state index contributed by atoms with van der Waals surface area (Å²) in [5.41, 5.74) is 10.1. The van der Waals surface area contributed by atoms with Gasteiger partial charge in [-0.3, -0.25) is 4.55 Å². The molecule has 2 rings (SSSR count). The van der Waals surface area contributed by atoms with E-state index < -0.39 is 10.4 Å². The standard InChI is InChI=1S/C12H17N.Na.H2O4S/c1-8-7-12(2,3)9-5-4-6-10(13)11(8)9;;1-5(2,3)4/h4-6,8H,7,13H2,1-3H3;;(H2,1,2,3,4)/q;+1;/p-1/t8-;;/m1../s1. The molecule has 0 fully saturated rings. The predicted octanol–water partition coefficient (Wildman–Crippen LogP) is -0.938. The number of hydrogen-bond donors (Lipinski definition) is 2. The minimum atomic E-state index is -4.92. The van der Waals surface area contributed by atoms with Crippen molar-refractivity contribution in [1.82, 2.24) is 0 Å². The summed E-state index contributed by atoms with van der Waals surface area (Å²) in [5.74, 6) is 0.617. The van der Waals surface area contributed by atoms with E-state index in [0.717, 1.165) is 5.69 Å². The van der Waals surface area contributed by atoms with Gasteiger partial charge in [0.15, 0.2) is 0 Å². The molecule has 1 aliphatic carbocycles. The van der Waals surface area contributed by atoms with Gasteiger partial charge in [-0.2, -0.15) is 0 Å². The number of hydrogen-bond acceptors (Lipinski definition) is 4. The molecule has 0 saturated carbocycles. The molecule has 0 amide bonds. The van der Waals surface area contributed by atoms with E-state index in [1.807, 2.05) is 6.07 Å². The van der Waals surface area contributed by atoms with Gasteiger partial charge in [-0.25, -0.2) is 8.42 Å². The summed E-state index contributed by atoms with van der Waals surface area (Å²) in [4.78, 5) is 0. The van der Waals surface area contributed by atoms with Crippen molar-refractivity contribution >= 4 is 16.1 Å². The van der Waals surface area contributed by atoms with Gasteiger partial charge in [0.1, 0.15) is 0 Å². The van der Waals surface area contributed by atoms with Crippen molar-refractivity contribution in [3.63, 3.8) is 0 Å². The summed E-state index contributed by atoms with van der Waals surface area (Å²) >= 11 is 0. The zero-order chi connectivity index (χ0) is 14.1. The van der Waals surface area contributed by atoms with Crippen LogP contribution in [0.5, 0.6) is 0 Å². The Labute approximate surface area is 136 Å². The monoisotopic (exact) mass is 295 g/mol. The van der Waals surface area contributed by atoms with E-state index in [-0.39, 0.29) is 29.6 Å². The summed E-state index contributed by atoms with van der Waals surface area (Å²) in [6.07, 6.45) is 1.22. The molecular weight excluding hydrogens is 277 g/mol. The summed E-state index contributed by atoms with van der Waals surface area (Å²) < 4.78 is 32.8. The molecule has 5 nitrogen and oxygen atoms in total. The molecular formula is C12H18NNaO4S. The molecule has 0 spiro atoms. The van der Waals surface area contributed by atoms with E-state index in [0.29, 0.717) is 11.3 Å². The number of nitrogens with two attached hydrogens (primary N) is 1. The Morgan fingerprint density at radius 1 is 1.42 bits per heavy atom. The van der Waals surface area contributed by atoms with Crippen LogP contribution in [-0.2, 0) is 15.8 Å². The number of benzene rings is 1. The number of nitrogen functional groups attached to an aromatic ring is 1. The summed E-state index contributed by atoms with van der Waals surface area (Å²) in [7, 11) is -4.92. The van der Waals surface area contributed by atoms with Gasteiger partial charge in [-0.15, -0.1) is 0 Å². The average molecular weight is 295 g/mol. The molecule has 7 heteroatoms. The molecule has 1 aliphatic rings. The molecule has 0 aliphatic heterocycles. The Hall–Kier alpha value is -0.110. The van der Waals surface area contributed by atoms with Crippen LogP contribution >= 0.6 is 0 Å². The molecule has 19 heavy (non-hydrogen) atoms. The van der Waals surface area contributed by atoms with E-state index in [2.05, 4.69) is 32.9 Å². The first-order valence-electron chi connectivity index (χ1n) is 5.59. The number of anilines is 1. The van der Waals surface area contributed by atoms with Crippen molar-refractivity contribution in [3.05, 3.63) is 29.3 Å². The SMILES string of the molecule is C[C@@H]1CC(C)(C)c2cccc(N)c21.O=S(=O)([O-])O.[Na+]. The Bertz CT molecular complexity index is 535. The average Bonchev–Trinajstić information content (AvgIpc) is 2.35.